The molecule has 0 aromatic rings. The Kier molecular flexibility index (Phi) is 2.37. The van der Waals surface area contributed by atoms with Gasteiger partial charge in [-0.15, -0.1) is 0 Å². The number of carbonyl (C=O) groups is 2. The van der Waals surface area contributed by atoms with Gasteiger partial charge in [0.15, 0.2) is 0 Å². The Bertz CT molecular complexity index is 300. The minimum Gasteiger partial charge on any atom is -0.393 e. The van der Waals surface area contributed by atoms with Crippen molar-refractivity contribution in [1.29, 1.82) is 0 Å². The summed E-state index contributed by atoms with van der Waals surface area (Å²) in [5, 5.41) is 11.5. The number of aliphatic hydroxyl groups excluding tert-OH is 1. The molecule has 1 fully saturated rings. The number of hydrogen-bond acceptors (Lipinski definition) is 3. The lowest BCUT2D eigenvalue weighted by Gasteiger charge is -2.25. The van der Waals surface area contributed by atoms with Gasteiger partial charge in [-0.2, -0.15) is 0 Å². The minimum atomic E-state index is -0.309. The first-order valence-corrected chi connectivity index (χ1v) is 4.92. The second kappa shape index (κ2) is 3.53. The van der Waals surface area contributed by atoms with Crippen LogP contribution in [0, 0.1) is 5.92 Å². The maximum Gasteiger partial charge on any atom is 0.254 e. The molecular weight excluding hydrogens is 182 g/mol. The van der Waals surface area contributed by atoms with Crippen molar-refractivity contribution in [3.63, 3.8) is 0 Å². The summed E-state index contributed by atoms with van der Waals surface area (Å²) in [4.78, 5) is 22.2. The van der Waals surface area contributed by atoms with E-state index in [0.29, 0.717) is 5.57 Å². The SMILES string of the molecule is O=C1C=C(C2CCC(O)CC2)C(=O)N1. The van der Waals surface area contributed by atoms with E-state index in [1.54, 1.807) is 0 Å². The van der Waals surface area contributed by atoms with Crippen LogP contribution in [0.5, 0.6) is 0 Å². The van der Waals surface area contributed by atoms with Gasteiger partial charge < -0.3 is 5.11 Å². The summed E-state index contributed by atoms with van der Waals surface area (Å²) < 4.78 is 0. The molecule has 14 heavy (non-hydrogen) atoms. The van der Waals surface area contributed by atoms with Crippen molar-refractivity contribution < 1.29 is 14.7 Å². The molecule has 2 aliphatic rings. The van der Waals surface area contributed by atoms with E-state index in [9.17, 15) is 14.7 Å². The van der Waals surface area contributed by atoms with Crippen molar-refractivity contribution in [3.8, 4) is 0 Å². The first kappa shape index (κ1) is 9.40. The molecule has 0 spiro atoms. The first-order valence-electron chi connectivity index (χ1n) is 4.92. The molecule has 0 aromatic carbocycles. The van der Waals surface area contributed by atoms with E-state index >= 15 is 0 Å². The molecular formula is C10H13NO3. The number of aliphatic hydroxyl groups is 1. The van der Waals surface area contributed by atoms with Gasteiger partial charge in [-0.25, -0.2) is 0 Å². The van der Waals surface area contributed by atoms with Crippen molar-refractivity contribution >= 4 is 11.8 Å². The molecule has 1 aliphatic heterocycles. The first-order chi connectivity index (χ1) is 6.66. The molecule has 0 bridgehead atoms. The molecule has 4 heteroatoms. The van der Waals surface area contributed by atoms with Gasteiger partial charge in [0.1, 0.15) is 0 Å². The molecule has 4 nitrogen and oxygen atoms in total. The van der Waals surface area contributed by atoms with Crippen molar-refractivity contribution in [2.45, 2.75) is 31.8 Å². The normalized spacial score (nSPS) is 32.8. The van der Waals surface area contributed by atoms with E-state index in [0.717, 1.165) is 25.7 Å². The number of rotatable bonds is 1. The maximum absolute atomic E-state index is 11.3. The van der Waals surface area contributed by atoms with Crippen LogP contribution in [0.15, 0.2) is 11.6 Å². The fourth-order valence-electron chi connectivity index (χ4n) is 2.12. The van der Waals surface area contributed by atoms with E-state index in [4.69, 9.17) is 0 Å². The van der Waals surface area contributed by atoms with Crippen LogP contribution in [0.2, 0.25) is 0 Å². The molecule has 1 saturated carbocycles. The van der Waals surface area contributed by atoms with E-state index in [1.165, 1.54) is 6.08 Å². The van der Waals surface area contributed by atoms with Gasteiger partial charge in [-0.3, -0.25) is 14.9 Å². The third-order valence-corrected chi connectivity index (χ3v) is 2.92. The second-order valence-electron chi connectivity index (χ2n) is 3.92. The zero-order valence-electron chi connectivity index (χ0n) is 7.82. The Balaban J connectivity index is 2.05. The Morgan fingerprint density at radius 1 is 1.21 bits per heavy atom. The average Bonchev–Trinajstić information content (AvgIpc) is 2.47. The van der Waals surface area contributed by atoms with Crippen LogP contribution in [0.25, 0.3) is 0 Å². The summed E-state index contributed by atoms with van der Waals surface area (Å²) in [6.45, 7) is 0. The lowest BCUT2D eigenvalue weighted by Crippen LogP contribution is -2.26. The quantitative estimate of drug-likeness (QED) is 0.584. The lowest BCUT2D eigenvalue weighted by atomic mass is 9.82. The molecule has 2 amide bonds. The second-order valence-corrected chi connectivity index (χ2v) is 3.92. The summed E-state index contributed by atoms with van der Waals surface area (Å²) in [5.74, 6) is -0.405. The third kappa shape index (κ3) is 1.70. The van der Waals surface area contributed by atoms with Gasteiger partial charge in [-0.1, -0.05) is 0 Å². The van der Waals surface area contributed by atoms with Crippen LogP contribution in [0.4, 0.5) is 0 Å². The van der Waals surface area contributed by atoms with Gasteiger partial charge in [-0.05, 0) is 31.6 Å². The molecule has 0 atom stereocenters. The number of hydrogen-bond donors (Lipinski definition) is 2. The largest absolute Gasteiger partial charge is 0.393 e. The lowest BCUT2D eigenvalue weighted by molar-refractivity contribution is -0.124. The van der Waals surface area contributed by atoms with Crippen LogP contribution < -0.4 is 5.32 Å². The highest BCUT2D eigenvalue weighted by atomic mass is 16.3. The van der Waals surface area contributed by atoms with Crippen LogP contribution >= 0.6 is 0 Å². The van der Waals surface area contributed by atoms with Gasteiger partial charge in [0.05, 0.1) is 6.10 Å². The Morgan fingerprint density at radius 2 is 1.86 bits per heavy atom. The van der Waals surface area contributed by atoms with E-state index < -0.39 is 0 Å². The van der Waals surface area contributed by atoms with E-state index in [1.807, 2.05) is 0 Å². The summed E-state index contributed by atoms with van der Waals surface area (Å²) in [6.07, 6.45) is 4.21. The number of imide groups is 1. The molecule has 2 N–H and O–H groups in total. The molecule has 0 radical (unpaired) electrons. The summed E-state index contributed by atoms with van der Waals surface area (Å²) in [5.41, 5.74) is 0.599. The van der Waals surface area contributed by atoms with Crippen LogP contribution in [0.3, 0.4) is 0 Å². The molecule has 76 valence electrons. The maximum atomic E-state index is 11.3. The smallest absolute Gasteiger partial charge is 0.254 e. The van der Waals surface area contributed by atoms with E-state index in [-0.39, 0.29) is 23.8 Å². The topological polar surface area (TPSA) is 66.4 Å². The van der Waals surface area contributed by atoms with Gasteiger partial charge in [0.25, 0.3) is 11.8 Å². The van der Waals surface area contributed by atoms with Crippen molar-refractivity contribution in [3.05, 3.63) is 11.6 Å². The Hall–Kier alpha value is -1.16. The van der Waals surface area contributed by atoms with Gasteiger partial charge in [0.2, 0.25) is 0 Å². The number of carbonyl (C=O) groups excluding carboxylic acids is 2. The third-order valence-electron chi connectivity index (χ3n) is 2.92. The van der Waals surface area contributed by atoms with Crippen molar-refractivity contribution in [1.82, 2.24) is 5.32 Å². The highest BCUT2D eigenvalue weighted by Crippen LogP contribution is 2.31. The Labute approximate surface area is 82.0 Å². The zero-order chi connectivity index (χ0) is 10.1. The molecule has 1 heterocycles. The van der Waals surface area contributed by atoms with Crippen molar-refractivity contribution in [2.24, 2.45) is 5.92 Å². The highest BCUT2D eigenvalue weighted by molar-refractivity contribution is 6.16. The summed E-state index contributed by atoms with van der Waals surface area (Å²) in [6, 6.07) is 0. The summed E-state index contributed by atoms with van der Waals surface area (Å²) >= 11 is 0. The van der Waals surface area contributed by atoms with Crippen LogP contribution in [-0.2, 0) is 9.59 Å². The zero-order valence-corrected chi connectivity index (χ0v) is 7.82. The highest BCUT2D eigenvalue weighted by Gasteiger charge is 2.30. The summed E-state index contributed by atoms with van der Waals surface area (Å²) in [7, 11) is 0. The van der Waals surface area contributed by atoms with E-state index in [2.05, 4.69) is 5.32 Å². The molecule has 2 rings (SSSR count). The van der Waals surface area contributed by atoms with Crippen LogP contribution in [0.1, 0.15) is 25.7 Å². The minimum absolute atomic E-state index is 0.157. The Morgan fingerprint density at radius 3 is 2.36 bits per heavy atom. The van der Waals surface area contributed by atoms with Gasteiger partial charge >= 0.3 is 0 Å². The number of nitrogens with one attached hydrogen (secondary N) is 1. The van der Waals surface area contributed by atoms with Gasteiger partial charge in [0, 0.05) is 11.6 Å². The molecule has 1 aliphatic carbocycles. The van der Waals surface area contributed by atoms with Crippen LogP contribution in [-0.4, -0.2) is 23.0 Å². The fraction of sp³-hybridized carbons (Fsp3) is 0.600. The monoisotopic (exact) mass is 195 g/mol. The molecule has 0 saturated heterocycles. The standard InChI is InChI=1S/C10H13NO3/c12-7-3-1-6(2-4-7)8-5-9(13)11-10(8)14/h5-7,12H,1-4H2,(H,11,13,14). The molecule has 0 aromatic heterocycles. The average molecular weight is 195 g/mol. The molecule has 0 unspecified atom stereocenters. The number of amides is 2. The fourth-order valence-corrected chi connectivity index (χ4v) is 2.12. The predicted octanol–water partition coefficient (Wildman–Crippen LogP) is 0.120. The predicted molar refractivity (Wildman–Crippen MR) is 49.2 cm³/mol. The van der Waals surface area contributed by atoms with Crippen molar-refractivity contribution in [2.75, 3.05) is 0 Å².